The van der Waals surface area contributed by atoms with Crippen LogP contribution in [0.3, 0.4) is 0 Å². The van der Waals surface area contributed by atoms with Crippen molar-refractivity contribution in [2.75, 3.05) is 0 Å². The summed E-state index contributed by atoms with van der Waals surface area (Å²) in [4.78, 5) is 0. The van der Waals surface area contributed by atoms with E-state index in [0.717, 1.165) is 0 Å². The average Bonchev–Trinajstić information content (AvgIpc) is 2.15. The number of ether oxygens (including phenoxy) is 1. The molecule has 0 N–H and O–H groups in total. The minimum atomic E-state index is 0.279. The molecule has 1 heteroatoms. The van der Waals surface area contributed by atoms with Gasteiger partial charge in [0, 0.05) is 5.41 Å². The van der Waals surface area contributed by atoms with Crippen LogP contribution in [0.2, 0.25) is 0 Å². The molecule has 0 spiro atoms. The quantitative estimate of drug-likeness (QED) is 0.638. The van der Waals surface area contributed by atoms with E-state index in [4.69, 9.17) is 4.74 Å². The lowest BCUT2D eigenvalue weighted by atomic mass is 9.73. The van der Waals surface area contributed by atoms with E-state index in [2.05, 4.69) is 45.0 Å². The summed E-state index contributed by atoms with van der Waals surface area (Å²) in [5.74, 6) is 0. The summed E-state index contributed by atoms with van der Waals surface area (Å²) in [6, 6.07) is 10.4. The summed E-state index contributed by atoms with van der Waals surface area (Å²) in [5, 5.41) is 0. The molecule has 2 unspecified atom stereocenters. The highest BCUT2D eigenvalue weighted by Crippen LogP contribution is 2.50. The van der Waals surface area contributed by atoms with Crippen LogP contribution < -0.4 is 0 Å². The van der Waals surface area contributed by atoms with Gasteiger partial charge in [0.2, 0.25) is 0 Å². The first-order valence-electron chi connectivity index (χ1n) is 4.83. The normalized spacial score (nSPS) is 31.0. The Labute approximate surface area is 79.7 Å². The average molecular weight is 176 g/mol. The molecule has 0 aliphatic carbocycles. The van der Waals surface area contributed by atoms with Crippen molar-refractivity contribution in [3.8, 4) is 0 Å². The lowest BCUT2D eigenvalue weighted by Crippen LogP contribution is -2.48. The van der Waals surface area contributed by atoms with Gasteiger partial charge in [-0.15, -0.1) is 0 Å². The molecule has 1 aromatic carbocycles. The van der Waals surface area contributed by atoms with Gasteiger partial charge in [-0.1, -0.05) is 44.2 Å². The minimum Gasteiger partial charge on any atom is -0.369 e. The molecule has 0 aromatic heterocycles. The molecule has 13 heavy (non-hydrogen) atoms. The van der Waals surface area contributed by atoms with Crippen molar-refractivity contribution in [1.29, 1.82) is 0 Å². The maximum absolute atomic E-state index is 5.74. The highest BCUT2D eigenvalue weighted by atomic mass is 16.5. The first kappa shape index (κ1) is 8.76. The summed E-state index contributed by atoms with van der Waals surface area (Å²) < 4.78 is 5.74. The van der Waals surface area contributed by atoms with Gasteiger partial charge in [0.25, 0.3) is 0 Å². The van der Waals surface area contributed by atoms with Crippen LogP contribution in [0.4, 0.5) is 0 Å². The van der Waals surface area contributed by atoms with Crippen LogP contribution in [0.1, 0.15) is 32.4 Å². The third kappa shape index (κ3) is 1.28. The Morgan fingerprint density at radius 3 is 2.23 bits per heavy atom. The molecule has 1 heterocycles. The zero-order chi connectivity index (χ0) is 9.47. The maximum Gasteiger partial charge on any atom is 0.0904 e. The van der Waals surface area contributed by atoms with Crippen LogP contribution in [0.5, 0.6) is 0 Å². The summed E-state index contributed by atoms with van der Waals surface area (Å²) >= 11 is 0. The lowest BCUT2D eigenvalue weighted by molar-refractivity contribution is -0.230. The molecule has 1 nitrogen and oxygen atoms in total. The van der Waals surface area contributed by atoms with Gasteiger partial charge < -0.3 is 4.74 Å². The molecular formula is C12H16O. The van der Waals surface area contributed by atoms with Crippen LogP contribution in [0.15, 0.2) is 30.3 Å². The van der Waals surface area contributed by atoms with Crippen molar-refractivity contribution in [2.24, 2.45) is 5.41 Å². The fraction of sp³-hybridized carbons (Fsp3) is 0.500. The molecule has 1 aromatic rings. The summed E-state index contributed by atoms with van der Waals surface area (Å²) in [6.07, 6.45) is 0.654. The molecule has 1 saturated heterocycles. The second-order valence-corrected chi connectivity index (χ2v) is 4.39. The Hall–Kier alpha value is -0.820. The topological polar surface area (TPSA) is 9.23 Å². The Kier molecular flexibility index (Phi) is 1.92. The monoisotopic (exact) mass is 176 g/mol. The molecule has 0 saturated carbocycles. The predicted octanol–water partition coefficient (Wildman–Crippen LogP) is 3.17. The minimum absolute atomic E-state index is 0.279. The molecule has 1 aliphatic rings. The zero-order valence-electron chi connectivity index (χ0n) is 8.45. The number of benzene rings is 1. The highest BCUT2D eigenvalue weighted by Gasteiger charge is 2.47. The lowest BCUT2D eigenvalue weighted by Gasteiger charge is -2.50. The van der Waals surface area contributed by atoms with Gasteiger partial charge in [0.15, 0.2) is 0 Å². The predicted molar refractivity (Wildman–Crippen MR) is 53.5 cm³/mol. The van der Waals surface area contributed by atoms with Crippen LogP contribution in [-0.4, -0.2) is 6.10 Å². The molecule has 0 amide bonds. The van der Waals surface area contributed by atoms with E-state index in [1.165, 1.54) is 5.56 Å². The molecule has 1 fully saturated rings. The standard InChI is InChI=1S/C12H16O/c1-9-12(2,3)11(13-9)10-7-5-4-6-8-10/h4-9,11H,1-3H3. The van der Waals surface area contributed by atoms with Gasteiger partial charge in [-0.25, -0.2) is 0 Å². The van der Waals surface area contributed by atoms with E-state index < -0.39 is 0 Å². The van der Waals surface area contributed by atoms with E-state index in [1.807, 2.05) is 6.07 Å². The van der Waals surface area contributed by atoms with Crippen molar-refractivity contribution in [2.45, 2.75) is 33.0 Å². The largest absolute Gasteiger partial charge is 0.369 e. The number of hydrogen-bond donors (Lipinski definition) is 0. The Morgan fingerprint density at radius 1 is 1.15 bits per heavy atom. The van der Waals surface area contributed by atoms with Gasteiger partial charge in [0.05, 0.1) is 12.2 Å². The van der Waals surface area contributed by atoms with Crippen LogP contribution in [-0.2, 0) is 4.74 Å². The second-order valence-electron chi connectivity index (χ2n) is 4.39. The Balaban J connectivity index is 2.22. The molecule has 2 rings (SSSR count). The van der Waals surface area contributed by atoms with Crippen molar-refractivity contribution in [3.05, 3.63) is 35.9 Å². The Bertz CT molecular complexity index is 289. The highest BCUT2D eigenvalue weighted by molar-refractivity contribution is 5.22. The van der Waals surface area contributed by atoms with Crippen molar-refractivity contribution >= 4 is 0 Å². The van der Waals surface area contributed by atoms with E-state index in [9.17, 15) is 0 Å². The summed E-state index contributed by atoms with van der Waals surface area (Å²) in [5.41, 5.74) is 1.58. The number of rotatable bonds is 1. The van der Waals surface area contributed by atoms with E-state index in [0.29, 0.717) is 6.10 Å². The first-order chi connectivity index (χ1) is 6.12. The maximum atomic E-state index is 5.74. The molecule has 0 bridgehead atoms. The van der Waals surface area contributed by atoms with Crippen molar-refractivity contribution in [3.63, 3.8) is 0 Å². The van der Waals surface area contributed by atoms with Crippen molar-refractivity contribution < 1.29 is 4.74 Å². The van der Waals surface area contributed by atoms with Gasteiger partial charge >= 0.3 is 0 Å². The van der Waals surface area contributed by atoms with Crippen LogP contribution in [0, 0.1) is 5.41 Å². The van der Waals surface area contributed by atoms with Crippen molar-refractivity contribution in [1.82, 2.24) is 0 Å². The third-order valence-corrected chi connectivity index (χ3v) is 3.17. The molecule has 70 valence electrons. The van der Waals surface area contributed by atoms with Crippen LogP contribution in [0.25, 0.3) is 0 Å². The fourth-order valence-corrected chi connectivity index (χ4v) is 1.83. The number of hydrogen-bond acceptors (Lipinski definition) is 1. The first-order valence-corrected chi connectivity index (χ1v) is 4.83. The summed E-state index contributed by atoms with van der Waals surface area (Å²) in [6.45, 7) is 6.66. The van der Waals surface area contributed by atoms with Gasteiger partial charge in [0.1, 0.15) is 0 Å². The van der Waals surface area contributed by atoms with Gasteiger partial charge in [-0.05, 0) is 12.5 Å². The SMILES string of the molecule is CC1OC(c2ccccc2)C1(C)C. The van der Waals surface area contributed by atoms with E-state index in [1.54, 1.807) is 0 Å². The van der Waals surface area contributed by atoms with E-state index in [-0.39, 0.29) is 11.5 Å². The smallest absolute Gasteiger partial charge is 0.0904 e. The van der Waals surface area contributed by atoms with Gasteiger partial charge in [-0.2, -0.15) is 0 Å². The van der Waals surface area contributed by atoms with E-state index >= 15 is 0 Å². The molecule has 2 atom stereocenters. The third-order valence-electron chi connectivity index (χ3n) is 3.17. The summed E-state index contributed by atoms with van der Waals surface area (Å²) in [7, 11) is 0. The van der Waals surface area contributed by atoms with Gasteiger partial charge in [-0.3, -0.25) is 0 Å². The molecular weight excluding hydrogens is 160 g/mol. The second kappa shape index (κ2) is 2.85. The molecule has 1 aliphatic heterocycles. The fourth-order valence-electron chi connectivity index (χ4n) is 1.83. The van der Waals surface area contributed by atoms with Crippen LogP contribution >= 0.6 is 0 Å². The Morgan fingerprint density at radius 2 is 1.77 bits per heavy atom. The zero-order valence-corrected chi connectivity index (χ0v) is 8.45. The molecule has 0 radical (unpaired) electrons.